The fraction of sp³-hybridized carbons (Fsp3) is 0.625. The maximum Gasteiger partial charge on any atom is 0.0604 e. The Hall–Kier alpha value is -1.26. The van der Waals surface area contributed by atoms with E-state index in [0.717, 1.165) is 26.1 Å². The van der Waals surface area contributed by atoms with Crippen LogP contribution < -0.4 is 15.1 Å². The van der Waals surface area contributed by atoms with Crippen LogP contribution in [0.1, 0.15) is 19.3 Å². The second-order valence-electron chi connectivity index (χ2n) is 6.01. The van der Waals surface area contributed by atoms with Crippen LogP contribution >= 0.6 is 0 Å². The van der Waals surface area contributed by atoms with Crippen LogP contribution in [0.4, 0.5) is 11.4 Å². The molecular weight excluding hydrogens is 250 g/mol. The molecule has 4 nitrogen and oxygen atoms in total. The lowest BCUT2D eigenvalue weighted by atomic mass is 10.1. The summed E-state index contributed by atoms with van der Waals surface area (Å²) in [7, 11) is 2.15. The number of rotatable bonds is 6. The highest BCUT2D eigenvalue weighted by atomic mass is 16.3. The van der Waals surface area contributed by atoms with Gasteiger partial charge in [-0.2, -0.15) is 0 Å². The third kappa shape index (κ3) is 3.07. The smallest absolute Gasteiger partial charge is 0.0604 e. The van der Waals surface area contributed by atoms with Crippen molar-refractivity contribution in [3.63, 3.8) is 0 Å². The topological polar surface area (TPSA) is 38.7 Å². The van der Waals surface area contributed by atoms with Crippen LogP contribution in [0.3, 0.4) is 0 Å². The molecule has 1 aromatic rings. The lowest BCUT2D eigenvalue weighted by Crippen LogP contribution is -2.43. The van der Waals surface area contributed by atoms with Crippen LogP contribution in [-0.4, -0.2) is 50.5 Å². The molecule has 4 heteroatoms. The Morgan fingerprint density at radius 1 is 1.25 bits per heavy atom. The Morgan fingerprint density at radius 3 is 2.70 bits per heavy atom. The van der Waals surface area contributed by atoms with Gasteiger partial charge in [-0.3, -0.25) is 0 Å². The predicted octanol–water partition coefficient (Wildman–Crippen LogP) is 1.45. The maximum atomic E-state index is 9.48. The molecule has 1 aliphatic heterocycles. The molecule has 0 radical (unpaired) electrons. The number of benzene rings is 1. The minimum atomic E-state index is 0.242. The summed E-state index contributed by atoms with van der Waals surface area (Å²) >= 11 is 0. The van der Waals surface area contributed by atoms with E-state index in [2.05, 4.69) is 46.4 Å². The van der Waals surface area contributed by atoms with Gasteiger partial charge in [-0.1, -0.05) is 12.1 Å². The molecular formula is C16H25N3O. The Kier molecular flexibility index (Phi) is 4.13. The van der Waals surface area contributed by atoms with Gasteiger partial charge in [0.2, 0.25) is 0 Å². The molecule has 0 bridgehead atoms. The summed E-state index contributed by atoms with van der Waals surface area (Å²) in [6, 6.07) is 9.50. The van der Waals surface area contributed by atoms with Crippen LogP contribution in [0, 0.1) is 0 Å². The quantitative estimate of drug-likeness (QED) is 0.824. The summed E-state index contributed by atoms with van der Waals surface area (Å²) in [5, 5.41) is 13.0. The molecule has 0 saturated heterocycles. The third-order valence-corrected chi connectivity index (χ3v) is 4.36. The third-order valence-electron chi connectivity index (χ3n) is 4.36. The average molecular weight is 275 g/mol. The zero-order chi connectivity index (χ0) is 13.9. The first-order chi connectivity index (χ1) is 9.78. The Labute approximate surface area is 121 Å². The molecule has 1 aromatic carbocycles. The van der Waals surface area contributed by atoms with Gasteiger partial charge in [-0.05, 0) is 31.4 Å². The molecule has 3 rings (SSSR count). The van der Waals surface area contributed by atoms with Crippen molar-refractivity contribution in [1.29, 1.82) is 0 Å². The first-order valence-corrected chi connectivity index (χ1v) is 7.70. The first kappa shape index (κ1) is 13.7. The van der Waals surface area contributed by atoms with E-state index in [1.807, 2.05) is 0 Å². The van der Waals surface area contributed by atoms with Crippen LogP contribution in [0.15, 0.2) is 24.3 Å². The van der Waals surface area contributed by atoms with E-state index < -0.39 is 0 Å². The second-order valence-corrected chi connectivity index (χ2v) is 6.01. The molecule has 1 atom stereocenters. The van der Waals surface area contributed by atoms with Gasteiger partial charge >= 0.3 is 0 Å². The Balaban J connectivity index is 1.61. The van der Waals surface area contributed by atoms with Gasteiger partial charge in [0.15, 0.2) is 0 Å². The summed E-state index contributed by atoms with van der Waals surface area (Å²) in [6.45, 7) is 3.38. The number of likely N-dealkylation sites (N-methyl/N-ethyl adjacent to an activating group) is 1. The molecule has 1 unspecified atom stereocenters. The van der Waals surface area contributed by atoms with Gasteiger partial charge in [0.05, 0.1) is 18.0 Å². The molecule has 2 N–H and O–H groups in total. The molecule has 110 valence electrons. The van der Waals surface area contributed by atoms with Crippen molar-refractivity contribution in [2.24, 2.45) is 0 Å². The van der Waals surface area contributed by atoms with Gasteiger partial charge in [0, 0.05) is 38.8 Å². The van der Waals surface area contributed by atoms with E-state index >= 15 is 0 Å². The van der Waals surface area contributed by atoms with Gasteiger partial charge in [-0.15, -0.1) is 0 Å². The predicted molar refractivity (Wildman–Crippen MR) is 83.6 cm³/mol. The van der Waals surface area contributed by atoms with Crippen molar-refractivity contribution in [3.05, 3.63) is 24.3 Å². The highest BCUT2D eigenvalue weighted by Gasteiger charge is 2.25. The molecule has 0 amide bonds. The summed E-state index contributed by atoms with van der Waals surface area (Å²) in [6.07, 6.45) is 3.55. The largest absolute Gasteiger partial charge is 0.395 e. The molecule has 1 saturated carbocycles. The molecule has 0 aromatic heterocycles. The SMILES string of the molecule is CN1CCN(CCC(CO)NC2CC2)c2ccccc21. The van der Waals surface area contributed by atoms with Crippen LogP contribution in [0.5, 0.6) is 0 Å². The summed E-state index contributed by atoms with van der Waals surface area (Å²) in [5.74, 6) is 0. The normalized spacial score (nSPS) is 19.9. The van der Waals surface area contributed by atoms with Gasteiger partial charge in [0.25, 0.3) is 0 Å². The molecule has 1 heterocycles. The number of aliphatic hydroxyl groups is 1. The first-order valence-electron chi connectivity index (χ1n) is 7.70. The number of nitrogens with one attached hydrogen (secondary N) is 1. The molecule has 0 spiro atoms. The van der Waals surface area contributed by atoms with E-state index in [-0.39, 0.29) is 12.6 Å². The lowest BCUT2D eigenvalue weighted by molar-refractivity contribution is 0.235. The summed E-state index contributed by atoms with van der Waals surface area (Å²) in [5.41, 5.74) is 2.64. The minimum Gasteiger partial charge on any atom is -0.395 e. The molecule has 1 fully saturated rings. The fourth-order valence-corrected chi connectivity index (χ4v) is 2.92. The number of hydrogen-bond acceptors (Lipinski definition) is 4. The van der Waals surface area contributed by atoms with Crippen molar-refractivity contribution < 1.29 is 5.11 Å². The lowest BCUT2D eigenvalue weighted by Gasteiger charge is -2.37. The van der Waals surface area contributed by atoms with Gasteiger partial charge < -0.3 is 20.2 Å². The van der Waals surface area contributed by atoms with E-state index in [9.17, 15) is 5.11 Å². The van der Waals surface area contributed by atoms with E-state index in [1.54, 1.807) is 0 Å². The van der Waals surface area contributed by atoms with Crippen LogP contribution in [0.25, 0.3) is 0 Å². The summed E-state index contributed by atoms with van der Waals surface area (Å²) in [4.78, 5) is 4.77. The monoisotopic (exact) mass is 275 g/mol. The van der Waals surface area contributed by atoms with E-state index in [1.165, 1.54) is 24.2 Å². The minimum absolute atomic E-state index is 0.242. The summed E-state index contributed by atoms with van der Waals surface area (Å²) < 4.78 is 0. The number of aliphatic hydroxyl groups excluding tert-OH is 1. The molecule has 2 aliphatic rings. The zero-order valence-electron chi connectivity index (χ0n) is 12.3. The Morgan fingerprint density at radius 2 is 2.00 bits per heavy atom. The number of fused-ring (bicyclic) bond motifs is 1. The molecule has 1 aliphatic carbocycles. The van der Waals surface area contributed by atoms with E-state index in [0.29, 0.717) is 6.04 Å². The van der Waals surface area contributed by atoms with Gasteiger partial charge in [-0.25, -0.2) is 0 Å². The standard InChI is InChI=1S/C16H25N3O/c1-18-10-11-19(16-5-3-2-4-15(16)18)9-8-14(12-20)17-13-6-7-13/h2-5,13-14,17,20H,6-12H2,1H3. The number of anilines is 2. The average Bonchev–Trinajstić information content (AvgIpc) is 3.29. The number of nitrogens with zero attached hydrogens (tertiary/aromatic N) is 2. The van der Waals surface area contributed by atoms with Gasteiger partial charge in [0.1, 0.15) is 0 Å². The van der Waals surface area contributed by atoms with Crippen molar-refractivity contribution in [3.8, 4) is 0 Å². The zero-order valence-corrected chi connectivity index (χ0v) is 12.3. The number of hydrogen-bond donors (Lipinski definition) is 2. The maximum absolute atomic E-state index is 9.48. The van der Waals surface area contributed by atoms with Crippen LogP contribution in [-0.2, 0) is 0 Å². The fourth-order valence-electron chi connectivity index (χ4n) is 2.92. The Bertz CT molecular complexity index is 447. The molecule has 20 heavy (non-hydrogen) atoms. The van der Waals surface area contributed by atoms with Crippen molar-refractivity contribution in [2.75, 3.05) is 43.1 Å². The van der Waals surface area contributed by atoms with Crippen molar-refractivity contribution in [1.82, 2.24) is 5.32 Å². The van der Waals surface area contributed by atoms with E-state index in [4.69, 9.17) is 0 Å². The van der Waals surface area contributed by atoms with Crippen LogP contribution in [0.2, 0.25) is 0 Å². The highest BCUT2D eigenvalue weighted by Crippen LogP contribution is 2.31. The second kappa shape index (κ2) is 6.02. The van der Waals surface area contributed by atoms with Crippen molar-refractivity contribution >= 4 is 11.4 Å². The van der Waals surface area contributed by atoms with Crippen molar-refractivity contribution in [2.45, 2.75) is 31.3 Å². The highest BCUT2D eigenvalue weighted by molar-refractivity contribution is 5.73. The number of para-hydroxylation sites is 2.